The van der Waals surface area contributed by atoms with Gasteiger partial charge < -0.3 is 9.64 Å². The summed E-state index contributed by atoms with van der Waals surface area (Å²) in [7, 11) is 0. The number of likely N-dealkylation sites (tertiary alicyclic amines) is 1. The van der Waals surface area contributed by atoms with Crippen LogP contribution in [0.3, 0.4) is 0 Å². The Kier molecular flexibility index (Phi) is 6.33. The van der Waals surface area contributed by atoms with E-state index in [-0.39, 0.29) is 29.9 Å². The van der Waals surface area contributed by atoms with E-state index >= 15 is 0 Å². The Bertz CT molecular complexity index is 1150. The van der Waals surface area contributed by atoms with Gasteiger partial charge in [-0.1, -0.05) is 54.6 Å². The van der Waals surface area contributed by atoms with Gasteiger partial charge in [0.1, 0.15) is 6.04 Å². The third kappa shape index (κ3) is 4.55. The molecule has 0 radical (unpaired) electrons. The zero-order valence-electron chi connectivity index (χ0n) is 18.8. The van der Waals surface area contributed by atoms with Gasteiger partial charge in [-0.2, -0.15) is 0 Å². The van der Waals surface area contributed by atoms with Gasteiger partial charge in [-0.15, -0.1) is 0 Å². The Hall–Kier alpha value is -3.62. The number of carbonyl (C=O) groups is 2. The Morgan fingerprint density at radius 2 is 1.68 bits per heavy atom. The number of hydrogen-bond donors (Lipinski definition) is 2. The van der Waals surface area contributed by atoms with E-state index in [1.165, 1.54) is 11.1 Å². The molecule has 1 saturated heterocycles. The van der Waals surface area contributed by atoms with Crippen LogP contribution in [0.5, 0.6) is 0 Å². The third-order valence-corrected chi connectivity index (χ3v) is 6.59. The lowest BCUT2D eigenvalue weighted by atomic mass is 9.84. The minimum Gasteiger partial charge on any atom is -0.365 e. The van der Waals surface area contributed by atoms with Crippen molar-refractivity contribution in [1.29, 1.82) is 0 Å². The largest absolute Gasteiger partial charge is 0.365 e. The van der Waals surface area contributed by atoms with Crippen molar-refractivity contribution in [3.63, 3.8) is 0 Å². The maximum atomic E-state index is 13.0. The number of anilines is 1. The number of aromatic nitrogens is 2. The average molecular weight is 458 g/mol. The molecule has 1 aromatic heterocycles. The smallest absolute Gasteiger partial charge is 0.248 e. The van der Waals surface area contributed by atoms with Crippen LogP contribution in [0.1, 0.15) is 35.6 Å². The Morgan fingerprint density at radius 1 is 0.971 bits per heavy atom. The molecule has 5 rings (SSSR count). The lowest BCUT2D eigenvalue weighted by molar-refractivity contribution is -0.137. The summed E-state index contributed by atoms with van der Waals surface area (Å²) in [6.45, 7) is 1.92. The highest BCUT2D eigenvalue weighted by Gasteiger charge is 2.43. The molecule has 0 bridgehead atoms. The van der Waals surface area contributed by atoms with Crippen LogP contribution in [0.15, 0.2) is 73.1 Å². The van der Waals surface area contributed by atoms with Crippen LogP contribution in [0, 0.1) is 0 Å². The molecule has 8 heteroatoms. The fraction of sp³-hybridized carbons (Fsp3) is 0.308. The molecule has 174 valence electrons. The summed E-state index contributed by atoms with van der Waals surface area (Å²) < 4.78 is 6.21. The van der Waals surface area contributed by atoms with Gasteiger partial charge in [0.25, 0.3) is 0 Å². The molecule has 2 aliphatic heterocycles. The van der Waals surface area contributed by atoms with Crippen molar-refractivity contribution in [1.82, 2.24) is 20.2 Å². The quantitative estimate of drug-likeness (QED) is 0.591. The Morgan fingerprint density at radius 3 is 2.44 bits per heavy atom. The molecular formula is C26H27N5O3. The molecule has 1 fully saturated rings. The van der Waals surface area contributed by atoms with Gasteiger partial charge in [-0.25, -0.2) is 9.97 Å². The van der Waals surface area contributed by atoms with E-state index in [1.807, 2.05) is 47.4 Å². The number of nitrogens with zero attached hydrogens (tertiary/aromatic N) is 3. The van der Waals surface area contributed by atoms with Crippen molar-refractivity contribution in [2.24, 2.45) is 0 Å². The molecule has 2 aromatic carbocycles. The van der Waals surface area contributed by atoms with E-state index in [1.54, 1.807) is 18.5 Å². The SMILES string of the molecule is O=C(Nc1ncccn1)[C@H](NCC(=O)N1CCC2(CC1)OCc1ccccc12)c1ccccc1. The number of benzene rings is 2. The summed E-state index contributed by atoms with van der Waals surface area (Å²) in [6.07, 6.45) is 4.66. The topological polar surface area (TPSA) is 96.4 Å². The monoisotopic (exact) mass is 457 g/mol. The van der Waals surface area contributed by atoms with Gasteiger partial charge in [0.15, 0.2) is 0 Å². The van der Waals surface area contributed by atoms with Crippen molar-refractivity contribution in [2.45, 2.75) is 31.1 Å². The standard InChI is InChI=1S/C26H27N5O3/c32-22(31-15-11-26(12-16-31)21-10-5-4-9-20(21)18-34-26)17-29-23(19-7-2-1-3-8-19)24(33)30-25-27-13-6-14-28-25/h1-10,13-14,23,29H,11-12,15-18H2,(H,27,28,30,33)/t23-/m1/s1. The zero-order chi connectivity index (χ0) is 23.4. The Labute approximate surface area is 198 Å². The van der Waals surface area contributed by atoms with Gasteiger partial charge in [-0.05, 0) is 35.6 Å². The average Bonchev–Trinajstić information content (AvgIpc) is 3.24. The van der Waals surface area contributed by atoms with Gasteiger partial charge >= 0.3 is 0 Å². The molecule has 3 heterocycles. The van der Waals surface area contributed by atoms with Gasteiger partial charge in [0, 0.05) is 25.5 Å². The number of rotatable bonds is 6. The summed E-state index contributed by atoms with van der Waals surface area (Å²) >= 11 is 0. The van der Waals surface area contributed by atoms with Crippen LogP contribution in [0.2, 0.25) is 0 Å². The molecule has 1 spiro atoms. The lowest BCUT2D eigenvalue weighted by Gasteiger charge is -2.39. The molecule has 2 aliphatic rings. The third-order valence-electron chi connectivity index (χ3n) is 6.59. The maximum Gasteiger partial charge on any atom is 0.248 e. The number of hydrogen-bond acceptors (Lipinski definition) is 6. The molecule has 8 nitrogen and oxygen atoms in total. The first-order valence-corrected chi connectivity index (χ1v) is 11.5. The number of piperidine rings is 1. The molecule has 2 N–H and O–H groups in total. The number of carbonyl (C=O) groups excluding carboxylic acids is 2. The highest BCUT2D eigenvalue weighted by molar-refractivity contribution is 5.94. The van der Waals surface area contributed by atoms with Gasteiger partial charge in [-0.3, -0.25) is 20.2 Å². The second-order valence-corrected chi connectivity index (χ2v) is 8.61. The molecule has 34 heavy (non-hydrogen) atoms. The second kappa shape index (κ2) is 9.70. The van der Waals surface area contributed by atoms with Crippen molar-refractivity contribution in [3.8, 4) is 0 Å². The second-order valence-electron chi connectivity index (χ2n) is 8.61. The normalized spacial score (nSPS) is 17.2. The molecule has 0 unspecified atom stereocenters. The van der Waals surface area contributed by atoms with Crippen LogP contribution in [-0.4, -0.2) is 46.3 Å². The summed E-state index contributed by atoms with van der Waals surface area (Å²) in [5.74, 6) is -0.135. The summed E-state index contributed by atoms with van der Waals surface area (Å²) in [6, 6.07) is 18.6. The molecule has 0 saturated carbocycles. The maximum absolute atomic E-state index is 13.0. The van der Waals surface area contributed by atoms with Crippen LogP contribution in [0.4, 0.5) is 5.95 Å². The predicted molar refractivity (Wildman–Crippen MR) is 127 cm³/mol. The highest BCUT2D eigenvalue weighted by Crippen LogP contribution is 2.43. The van der Waals surface area contributed by atoms with Crippen LogP contribution in [-0.2, 0) is 26.5 Å². The molecular weight excluding hydrogens is 430 g/mol. The number of nitrogens with one attached hydrogen (secondary N) is 2. The fourth-order valence-electron chi connectivity index (χ4n) is 4.77. The minimum absolute atomic E-state index is 0.0363. The summed E-state index contributed by atoms with van der Waals surface area (Å²) in [5, 5.41) is 5.86. The van der Waals surface area contributed by atoms with E-state index in [0.717, 1.165) is 18.4 Å². The van der Waals surface area contributed by atoms with E-state index in [0.29, 0.717) is 19.7 Å². The van der Waals surface area contributed by atoms with Crippen LogP contribution >= 0.6 is 0 Å². The van der Waals surface area contributed by atoms with Crippen LogP contribution in [0.25, 0.3) is 0 Å². The fourth-order valence-corrected chi connectivity index (χ4v) is 4.77. The molecule has 3 aromatic rings. The molecule has 2 amide bonds. The first-order chi connectivity index (χ1) is 16.6. The lowest BCUT2D eigenvalue weighted by Crippen LogP contribution is -2.48. The van der Waals surface area contributed by atoms with Gasteiger partial charge in [0.2, 0.25) is 17.8 Å². The van der Waals surface area contributed by atoms with Crippen molar-refractivity contribution in [2.75, 3.05) is 25.0 Å². The van der Waals surface area contributed by atoms with E-state index in [4.69, 9.17) is 4.74 Å². The van der Waals surface area contributed by atoms with Crippen LogP contribution < -0.4 is 10.6 Å². The number of amides is 2. The predicted octanol–water partition coefficient (Wildman–Crippen LogP) is 2.79. The zero-order valence-corrected chi connectivity index (χ0v) is 18.8. The first kappa shape index (κ1) is 22.2. The van der Waals surface area contributed by atoms with Crippen molar-refractivity contribution >= 4 is 17.8 Å². The number of fused-ring (bicyclic) bond motifs is 2. The van der Waals surface area contributed by atoms with Crippen molar-refractivity contribution in [3.05, 3.63) is 89.7 Å². The number of ether oxygens (including phenoxy) is 1. The highest BCUT2D eigenvalue weighted by atomic mass is 16.5. The summed E-state index contributed by atoms with van der Waals surface area (Å²) in [5.41, 5.74) is 2.97. The van der Waals surface area contributed by atoms with E-state index in [2.05, 4.69) is 32.7 Å². The van der Waals surface area contributed by atoms with E-state index < -0.39 is 6.04 Å². The summed E-state index contributed by atoms with van der Waals surface area (Å²) in [4.78, 5) is 36.0. The van der Waals surface area contributed by atoms with Gasteiger partial charge in [0.05, 0.1) is 18.8 Å². The van der Waals surface area contributed by atoms with Crippen molar-refractivity contribution < 1.29 is 14.3 Å². The molecule has 1 atom stereocenters. The molecule has 0 aliphatic carbocycles. The first-order valence-electron chi connectivity index (χ1n) is 11.5. The minimum atomic E-state index is -0.713. The van der Waals surface area contributed by atoms with E-state index in [9.17, 15) is 9.59 Å². The Balaban J connectivity index is 1.22.